The Morgan fingerprint density at radius 3 is 2.70 bits per heavy atom. The van der Waals surface area contributed by atoms with Gasteiger partial charge in [-0.05, 0) is 49.8 Å². The molecule has 3 nitrogen and oxygen atoms in total. The standard InChI is InChI=1S/C16H25NO2S/c1-3-9-17-16(15-8-10-20(18,19)12-15)11-14-7-5-4-6-13(14)2/h4-7,15-17H,3,8-12H2,1-2H3. The fourth-order valence-electron chi connectivity index (χ4n) is 2.95. The van der Waals surface area contributed by atoms with E-state index < -0.39 is 9.84 Å². The van der Waals surface area contributed by atoms with Gasteiger partial charge in [0.1, 0.15) is 0 Å². The van der Waals surface area contributed by atoms with E-state index in [0.717, 1.165) is 25.8 Å². The molecule has 0 spiro atoms. The molecule has 0 saturated carbocycles. The van der Waals surface area contributed by atoms with E-state index in [-0.39, 0.29) is 12.0 Å². The summed E-state index contributed by atoms with van der Waals surface area (Å²) in [6.07, 6.45) is 2.80. The molecule has 4 heteroatoms. The van der Waals surface area contributed by atoms with Crippen LogP contribution >= 0.6 is 0 Å². The third kappa shape index (κ3) is 4.06. The molecule has 1 saturated heterocycles. The fourth-order valence-corrected chi connectivity index (χ4v) is 4.83. The summed E-state index contributed by atoms with van der Waals surface area (Å²) in [5.74, 6) is 0.960. The zero-order valence-electron chi connectivity index (χ0n) is 12.4. The molecule has 0 aliphatic carbocycles. The van der Waals surface area contributed by atoms with Crippen molar-refractivity contribution in [2.75, 3.05) is 18.1 Å². The third-order valence-electron chi connectivity index (χ3n) is 4.19. The van der Waals surface area contributed by atoms with Crippen LogP contribution in [0.25, 0.3) is 0 Å². The first-order chi connectivity index (χ1) is 9.52. The van der Waals surface area contributed by atoms with Crippen molar-refractivity contribution in [3.63, 3.8) is 0 Å². The monoisotopic (exact) mass is 295 g/mol. The van der Waals surface area contributed by atoms with Crippen molar-refractivity contribution in [2.45, 2.75) is 39.2 Å². The second kappa shape index (κ2) is 6.72. The topological polar surface area (TPSA) is 46.2 Å². The van der Waals surface area contributed by atoms with Crippen molar-refractivity contribution in [3.8, 4) is 0 Å². The number of rotatable bonds is 6. The van der Waals surface area contributed by atoms with Crippen molar-refractivity contribution in [3.05, 3.63) is 35.4 Å². The Morgan fingerprint density at radius 1 is 1.35 bits per heavy atom. The smallest absolute Gasteiger partial charge is 0.150 e. The van der Waals surface area contributed by atoms with Gasteiger partial charge in [-0.1, -0.05) is 31.2 Å². The second-order valence-electron chi connectivity index (χ2n) is 5.85. The molecule has 1 aromatic carbocycles. The van der Waals surface area contributed by atoms with Crippen molar-refractivity contribution in [1.29, 1.82) is 0 Å². The molecule has 1 fully saturated rings. The van der Waals surface area contributed by atoms with Gasteiger partial charge in [0.05, 0.1) is 11.5 Å². The molecule has 20 heavy (non-hydrogen) atoms. The van der Waals surface area contributed by atoms with Gasteiger partial charge >= 0.3 is 0 Å². The van der Waals surface area contributed by atoms with Gasteiger partial charge in [-0.2, -0.15) is 0 Å². The molecule has 2 atom stereocenters. The van der Waals surface area contributed by atoms with Crippen LogP contribution in [0.1, 0.15) is 30.9 Å². The largest absolute Gasteiger partial charge is 0.313 e. The van der Waals surface area contributed by atoms with Crippen LogP contribution in [0, 0.1) is 12.8 Å². The van der Waals surface area contributed by atoms with Crippen molar-refractivity contribution in [1.82, 2.24) is 5.32 Å². The summed E-state index contributed by atoms with van der Waals surface area (Å²) in [4.78, 5) is 0. The lowest BCUT2D eigenvalue weighted by Crippen LogP contribution is -2.39. The van der Waals surface area contributed by atoms with E-state index in [2.05, 4.69) is 37.4 Å². The first-order valence-corrected chi connectivity index (χ1v) is 9.32. The molecule has 112 valence electrons. The molecule has 0 radical (unpaired) electrons. The van der Waals surface area contributed by atoms with Crippen LogP contribution in [-0.2, 0) is 16.3 Å². The summed E-state index contributed by atoms with van der Waals surface area (Å²) in [5.41, 5.74) is 2.61. The zero-order valence-corrected chi connectivity index (χ0v) is 13.2. The minimum atomic E-state index is -2.81. The van der Waals surface area contributed by atoms with E-state index in [1.54, 1.807) is 0 Å². The van der Waals surface area contributed by atoms with Crippen LogP contribution in [0.3, 0.4) is 0 Å². The Bertz CT molecular complexity index is 539. The summed E-state index contributed by atoms with van der Waals surface area (Å²) >= 11 is 0. The minimum absolute atomic E-state index is 0.256. The molecule has 0 aromatic heterocycles. The lowest BCUT2D eigenvalue weighted by Gasteiger charge is -2.24. The lowest BCUT2D eigenvalue weighted by atomic mass is 9.91. The molecule has 0 amide bonds. The maximum Gasteiger partial charge on any atom is 0.150 e. The summed E-state index contributed by atoms with van der Waals surface area (Å²) < 4.78 is 23.4. The van der Waals surface area contributed by atoms with E-state index >= 15 is 0 Å². The van der Waals surface area contributed by atoms with Gasteiger partial charge in [0.15, 0.2) is 9.84 Å². The summed E-state index contributed by atoms with van der Waals surface area (Å²) in [5, 5.41) is 3.56. The zero-order chi connectivity index (χ0) is 14.6. The van der Waals surface area contributed by atoms with Gasteiger partial charge in [-0.3, -0.25) is 0 Å². The Hall–Kier alpha value is -0.870. The molecule has 0 bridgehead atoms. The second-order valence-corrected chi connectivity index (χ2v) is 8.08. The average Bonchev–Trinajstić information content (AvgIpc) is 2.77. The van der Waals surface area contributed by atoms with Gasteiger partial charge < -0.3 is 5.32 Å². The number of hydrogen-bond acceptors (Lipinski definition) is 3. The number of hydrogen-bond donors (Lipinski definition) is 1. The van der Waals surface area contributed by atoms with Gasteiger partial charge in [0.25, 0.3) is 0 Å². The van der Waals surface area contributed by atoms with Gasteiger partial charge in [0, 0.05) is 6.04 Å². The highest BCUT2D eigenvalue weighted by atomic mass is 32.2. The van der Waals surface area contributed by atoms with Gasteiger partial charge in [-0.25, -0.2) is 8.42 Å². The number of nitrogens with one attached hydrogen (secondary N) is 1. The van der Waals surface area contributed by atoms with E-state index in [1.807, 2.05) is 6.07 Å². The van der Waals surface area contributed by atoms with Crippen LogP contribution < -0.4 is 5.32 Å². The molecular formula is C16H25NO2S. The average molecular weight is 295 g/mol. The van der Waals surface area contributed by atoms with Crippen LogP contribution in [0.4, 0.5) is 0 Å². The Labute approximate surface area is 122 Å². The highest BCUT2D eigenvalue weighted by Gasteiger charge is 2.33. The quantitative estimate of drug-likeness (QED) is 0.876. The van der Waals surface area contributed by atoms with Crippen molar-refractivity contribution in [2.24, 2.45) is 5.92 Å². The molecule has 1 aliphatic rings. The van der Waals surface area contributed by atoms with Crippen LogP contribution in [0.15, 0.2) is 24.3 Å². The van der Waals surface area contributed by atoms with E-state index in [0.29, 0.717) is 11.5 Å². The van der Waals surface area contributed by atoms with Gasteiger partial charge in [0.2, 0.25) is 0 Å². The molecule has 1 aromatic rings. The van der Waals surface area contributed by atoms with Crippen LogP contribution in [-0.4, -0.2) is 32.5 Å². The lowest BCUT2D eigenvalue weighted by molar-refractivity contribution is 0.379. The molecular weight excluding hydrogens is 270 g/mol. The summed E-state index contributed by atoms with van der Waals surface area (Å²) in [6, 6.07) is 8.66. The SMILES string of the molecule is CCCNC(Cc1ccccc1C)C1CCS(=O)(=O)C1. The van der Waals surface area contributed by atoms with E-state index in [1.165, 1.54) is 11.1 Å². The molecule has 2 unspecified atom stereocenters. The predicted octanol–water partition coefficient (Wildman–Crippen LogP) is 2.34. The Kier molecular flexibility index (Phi) is 5.22. The number of benzene rings is 1. The number of sulfone groups is 1. The van der Waals surface area contributed by atoms with E-state index in [9.17, 15) is 8.42 Å². The molecule has 2 rings (SSSR count). The van der Waals surface area contributed by atoms with E-state index in [4.69, 9.17) is 0 Å². The van der Waals surface area contributed by atoms with Crippen LogP contribution in [0.5, 0.6) is 0 Å². The first kappa shape index (κ1) is 15.5. The minimum Gasteiger partial charge on any atom is -0.313 e. The predicted molar refractivity (Wildman–Crippen MR) is 83.7 cm³/mol. The fraction of sp³-hybridized carbons (Fsp3) is 0.625. The summed E-state index contributed by atoms with van der Waals surface area (Å²) in [6.45, 7) is 5.22. The maximum atomic E-state index is 11.7. The van der Waals surface area contributed by atoms with Gasteiger partial charge in [-0.15, -0.1) is 0 Å². The molecule has 1 N–H and O–H groups in total. The normalized spacial score (nSPS) is 22.8. The molecule has 1 heterocycles. The van der Waals surface area contributed by atoms with Crippen molar-refractivity contribution >= 4 is 9.84 Å². The highest BCUT2D eigenvalue weighted by Crippen LogP contribution is 2.24. The number of aryl methyl sites for hydroxylation is 1. The summed E-state index contributed by atoms with van der Waals surface area (Å²) in [7, 11) is -2.81. The Morgan fingerprint density at radius 2 is 2.10 bits per heavy atom. The Balaban J connectivity index is 2.10. The maximum absolute atomic E-state index is 11.7. The first-order valence-electron chi connectivity index (χ1n) is 7.50. The molecule has 1 aliphatic heterocycles. The van der Waals surface area contributed by atoms with Crippen molar-refractivity contribution < 1.29 is 8.42 Å². The third-order valence-corrected chi connectivity index (χ3v) is 5.99. The highest BCUT2D eigenvalue weighted by molar-refractivity contribution is 7.91. The van der Waals surface area contributed by atoms with Crippen LogP contribution in [0.2, 0.25) is 0 Å².